The number of nitrogens with zero attached hydrogens (tertiary/aromatic N) is 2. The van der Waals surface area contributed by atoms with Crippen LogP contribution in [-0.2, 0) is 0 Å². The van der Waals surface area contributed by atoms with E-state index in [9.17, 15) is 0 Å². The molecular formula is C63H37BN2S2. The molecule has 4 heterocycles. The van der Waals surface area contributed by atoms with Crippen molar-refractivity contribution in [2.24, 2.45) is 0 Å². The Morgan fingerprint density at radius 1 is 0.338 bits per heavy atom. The van der Waals surface area contributed by atoms with Crippen molar-refractivity contribution >= 4 is 146 Å². The van der Waals surface area contributed by atoms with E-state index in [0.29, 0.717) is 0 Å². The van der Waals surface area contributed by atoms with Gasteiger partial charge in [-0.2, -0.15) is 0 Å². The van der Waals surface area contributed by atoms with Crippen LogP contribution in [0.2, 0.25) is 0 Å². The lowest BCUT2D eigenvalue weighted by atomic mass is 9.36. The van der Waals surface area contributed by atoms with Crippen molar-refractivity contribution < 1.29 is 0 Å². The summed E-state index contributed by atoms with van der Waals surface area (Å²) in [7, 11) is 0. The Hall–Kier alpha value is -8.09. The van der Waals surface area contributed by atoms with Crippen molar-refractivity contribution in [3.8, 4) is 22.4 Å². The molecule has 0 atom stereocenters. The largest absolute Gasteiger partial charge is 0.291 e. The zero-order valence-electron chi connectivity index (χ0n) is 36.7. The van der Waals surface area contributed by atoms with Crippen LogP contribution in [0.5, 0.6) is 0 Å². The summed E-state index contributed by atoms with van der Waals surface area (Å²) in [5, 5.41) is 15.1. The molecule has 2 nitrogen and oxygen atoms in total. The van der Waals surface area contributed by atoms with Gasteiger partial charge in [0.1, 0.15) is 0 Å². The normalized spacial score (nSPS) is 12.1. The number of pyridine rings is 1. The Balaban J connectivity index is 0.894. The predicted octanol–water partition coefficient (Wildman–Crippen LogP) is 15.7. The molecule has 5 heteroatoms. The molecule has 0 N–H and O–H groups in total. The molecule has 0 unspecified atom stereocenters. The van der Waals surface area contributed by atoms with Gasteiger partial charge in [0, 0.05) is 41.0 Å². The summed E-state index contributed by atoms with van der Waals surface area (Å²) in [6, 6.07) is 83.6. The third-order valence-electron chi connectivity index (χ3n) is 14.4. The van der Waals surface area contributed by atoms with Crippen LogP contribution in [0.1, 0.15) is 0 Å². The molecule has 0 aliphatic carbocycles. The van der Waals surface area contributed by atoms with Crippen molar-refractivity contribution in [3.63, 3.8) is 0 Å². The molecule has 0 spiro atoms. The molecule has 0 bridgehead atoms. The topological polar surface area (TPSA) is 17.3 Å². The summed E-state index contributed by atoms with van der Waals surface area (Å²) in [6.45, 7) is 0.0506. The summed E-state index contributed by atoms with van der Waals surface area (Å²) in [6.07, 6.45) is 0. The van der Waals surface area contributed by atoms with Gasteiger partial charge >= 0.3 is 0 Å². The molecular weight excluding hydrogens is 860 g/mol. The number of thiophene rings is 2. The number of hydrogen-bond donors (Lipinski definition) is 0. The molecule has 314 valence electrons. The monoisotopic (exact) mass is 896 g/mol. The number of imidazole rings is 1. The first-order chi connectivity index (χ1) is 33.7. The molecule has 0 aliphatic rings. The van der Waals surface area contributed by atoms with Crippen LogP contribution >= 0.6 is 22.7 Å². The maximum absolute atomic E-state index is 5.59. The van der Waals surface area contributed by atoms with Crippen molar-refractivity contribution in [2.75, 3.05) is 0 Å². The Morgan fingerprint density at radius 2 is 0.971 bits per heavy atom. The van der Waals surface area contributed by atoms with Crippen LogP contribution in [0.15, 0.2) is 224 Å². The van der Waals surface area contributed by atoms with Gasteiger partial charge in [-0.15, -0.1) is 22.7 Å². The summed E-state index contributed by atoms with van der Waals surface area (Å²) in [5.41, 5.74) is 11.7. The second-order valence-electron chi connectivity index (χ2n) is 18.3. The van der Waals surface area contributed by atoms with E-state index in [1.54, 1.807) is 0 Å². The Kier molecular flexibility index (Phi) is 8.23. The average Bonchev–Trinajstić information content (AvgIpc) is 4.09. The molecule has 0 saturated heterocycles. The van der Waals surface area contributed by atoms with Crippen LogP contribution in [-0.4, -0.2) is 16.1 Å². The van der Waals surface area contributed by atoms with Gasteiger partial charge in [-0.05, 0) is 90.8 Å². The lowest BCUT2D eigenvalue weighted by Gasteiger charge is -2.18. The SMILES string of the molecule is c1cc(B(c2ccc3ccccc3c2)c2ccc3c(c2)sc2ccccc23)cc(-c2ccc(-c3cc4c5cc6ccccc6cc5sc4c4nc5c6ccc7ccccc7c6ccc5n34)cc2)c1. The van der Waals surface area contributed by atoms with Gasteiger partial charge in [0.2, 0.25) is 6.71 Å². The fraction of sp³-hybridized carbons (Fsp3) is 0. The second-order valence-corrected chi connectivity index (χ2v) is 20.4. The third-order valence-corrected chi connectivity index (χ3v) is 16.7. The standard InChI is InChI=1S/C63H37BN2S2/c1-2-12-42-33-47(26-24-38(42)10-1)64(48-27-29-52-51-18-7-8-19-58(51)67-60(52)36-48)46-16-9-15-43(32-46)39-20-22-41(23-21-39)57-37-55-54-34-44-13-3-4-14-45(44)35-59(54)68-62(55)63-65-61-53-28-25-40-11-5-6-17-49(40)50(53)30-31-56(61)66(57)63/h1-37H. The number of aromatic nitrogens is 2. The highest BCUT2D eigenvalue weighted by molar-refractivity contribution is 7.26. The van der Waals surface area contributed by atoms with Gasteiger partial charge in [0.25, 0.3) is 0 Å². The van der Waals surface area contributed by atoms with E-state index in [-0.39, 0.29) is 6.71 Å². The van der Waals surface area contributed by atoms with Gasteiger partial charge in [0.05, 0.1) is 21.4 Å². The van der Waals surface area contributed by atoms with Crippen LogP contribution in [0.25, 0.3) is 122 Å². The molecule has 15 rings (SSSR count). The lowest BCUT2D eigenvalue weighted by molar-refractivity contribution is 1.25. The molecule has 15 aromatic rings. The minimum absolute atomic E-state index is 0.0506. The number of hydrogen-bond acceptors (Lipinski definition) is 3. The quantitative estimate of drug-likeness (QED) is 0.124. The minimum atomic E-state index is 0.0506. The zero-order valence-corrected chi connectivity index (χ0v) is 38.3. The molecule has 0 fully saturated rings. The maximum atomic E-state index is 5.59. The Morgan fingerprint density at radius 3 is 1.84 bits per heavy atom. The van der Waals surface area contributed by atoms with E-state index in [0.717, 1.165) is 27.9 Å². The highest BCUT2D eigenvalue weighted by Crippen LogP contribution is 2.43. The fourth-order valence-corrected chi connectivity index (χ4v) is 13.5. The first-order valence-electron chi connectivity index (χ1n) is 23.3. The summed E-state index contributed by atoms with van der Waals surface area (Å²) in [4.78, 5) is 5.59. The lowest BCUT2D eigenvalue weighted by Crippen LogP contribution is -2.52. The fourth-order valence-electron chi connectivity index (χ4n) is 11.2. The van der Waals surface area contributed by atoms with Crippen LogP contribution in [0.4, 0.5) is 0 Å². The van der Waals surface area contributed by atoms with E-state index in [1.807, 2.05) is 22.7 Å². The molecule has 11 aromatic carbocycles. The average molecular weight is 897 g/mol. The highest BCUT2D eigenvalue weighted by Gasteiger charge is 2.25. The van der Waals surface area contributed by atoms with Crippen molar-refractivity contribution in [1.82, 2.24) is 9.38 Å². The highest BCUT2D eigenvalue weighted by atomic mass is 32.1. The zero-order chi connectivity index (χ0) is 44.5. The molecule has 0 aliphatic heterocycles. The first kappa shape index (κ1) is 38.1. The molecule has 68 heavy (non-hydrogen) atoms. The van der Waals surface area contributed by atoms with Crippen molar-refractivity contribution in [3.05, 3.63) is 224 Å². The summed E-state index contributed by atoms with van der Waals surface area (Å²) in [5.74, 6) is 0. The first-order valence-corrected chi connectivity index (χ1v) is 24.9. The Labute approximate surface area is 399 Å². The van der Waals surface area contributed by atoms with Gasteiger partial charge in [-0.1, -0.05) is 204 Å². The second kappa shape index (κ2) is 14.7. The summed E-state index contributed by atoms with van der Waals surface area (Å²) < 4.78 is 7.56. The van der Waals surface area contributed by atoms with Crippen molar-refractivity contribution in [1.29, 1.82) is 0 Å². The predicted molar refractivity (Wildman–Crippen MR) is 297 cm³/mol. The summed E-state index contributed by atoms with van der Waals surface area (Å²) >= 11 is 3.74. The van der Waals surface area contributed by atoms with Gasteiger partial charge in [0.15, 0.2) is 5.65 Å². The molecule has 0 radical (unpaired) electrons. The molecule has 0 saturated carbocycles. The minimum Gasteiger partial charge on any atom is -0.291 e. The molecule has 4 aromatic heterocycles. The van der Waals surface area contributed by atoms with Gasteiger partial charge < -0.3 is 0 Å². The number of rotatable bonds is 5. The van der Waals surface area contributed by atoms with Crippen LogP contribution in [0, 0.1) is 0 Å². The van der Waals surface area contributed by atoms with Crippen LogP contribution < -0.4 is 16.4 Å². The van der Waals surface area contributed by atoms with E-state index in [1.165, 1.54) is 111 Å². The number of fused-ring (bicyclic) bond motifs is 16. The van der Waals surface area contributed by atoms with Gasteiger partial charge in [-0.3, -0.25) is 4.40 Å². The number of benzene rings is 11. The van der Waals surface area contributed by atoms with E-state index in [2.05, 4.69) is 229 Å². The third kappa shape index (κ3) is 5.80. The van der Waals surface area contributed by atoms with Crippen LogP contribution in [0.3, 0.4) is 0 Å². The Bertz CT molecular complexity index is 4580. The van der Waals surface area contributed by atoms with Crippen molar-refractivity contribution in [2.45, 2.75) is 0 Å². The maximum Gasteiger partial charge on any atom is 0.241 e. The van der Waals surface area contributed by atoms with E-state index < -0.39 is 0 Å². The smallest absolute Gasteiger partial charge is 0.241 e. The van der Waals surface area contributed by atoms with E-state index >= 15 is 0 Å². The molecule has 0 amide bonds. The van der Waals surface area contributed by atoms with E-state index in [4.69, 9.17) is 4.98 Å². The van der Waals surface area contributed by atoms with Gasteiger partial charge in [-0.25, -0.2) is 4.98 Å².